The van der Waals surface area contributed by atoms with Gasteiger partial charge in [-0.3, -0.25) is 14.9 Å². The average molecular weight is 269 g/mol. The van der Waals surface area contributed by atoms with Crippen molar-refractivity contribution in [3.63, 3.8) is 0 Å². The lowest BCUT2D eigenvalue weighted by atomic mass is 10.3. The number of anilines is 1. The van der Waals surface area contributed by atoms with Gasteiger partial charge in [0.2, 0.25) is 0 Å². The summed E-state index contributed by atoms with van der Waals surface area (Å²) in [4.78, 5) is 20.3. The van der Waals surface area contributed by atoms with Crippen molar-refractivity contribution in [3.8, 4) is 0 Å². The summed E-state index contributed by atoms with van der Waals surface area (Å²) in [5.41, 5.74) is -0.221. The van der Waals surface area contributed by atoms with E-state index < -0.39 is 16.0 Å². The molecule has 8 heteroatoms. The summed E-state index contributed by atoms with van der Waals surface area (Å²) >= 11 is 16.2. The minimum atomic E-state index is -0.837. The second kappa shape index (κ2) is 4.65. The third-order valence-electron chi connectivity index (χ3n) is 1.44. The molecule has 0 saturated carbocycles. The maximum atomic E-state index is 10.5. The minimum Gasteiger partial charge on any atom is -0.312 e. The summed E-state index contributed by atoms with van der Waals surface area (Å²) in [5.74, 6) is 0. The van der Waals surface area contributed by atoms with Crippen LogP contribution in [0.1, 0.15) is 0 Å². The Kier molecular flexibility index (Phi) is 3.73. The number of carbonyl (C=O) groups is 1. The minimum absolute atomic E-state index is 0.173. The number of nitrogens with zero attached hydrogens (tertiary/aromatic N) is 1. The van der Waals surface area contributed by atoms with E-state index in [2.05, 4.69) is 5.32 Å². The molecule has 0 aliphatic carbocycles. The fourth-order valence-corrected chi connectivity index (χ4v) is 1.66. The lowest BCUT2D eigenvalue weighted by Crippen LogP contribution is -2.01. The summed E-state index contributed by atoms with van der Waals surface area (Å²) in [6, 6.07) is 2.37. The van der Waals surface area contributed by atoms with Crippen molar-refractivity contribution < 1.29 is 9.72 Å². The van der Waals surface area contributed by atoms with Gasteiger partial charge in [0.05, 0.1) is 4.92 Å². The molecule has 0 heterocycles. The van der Waals surface area contributed by atoms with Crippen LogP contribution in [-0.4, -0.2) is 10.3 Å². The smallest absolute Gasteiger partial charge is 0.312 e. The summed E-state index contributed by atoms with van der Waals surface area (Å²) in [6.45, 7) is 0. The fourth-order valence-electron chi connectivity index (χ4n) is 0.926. The topological polar surface area (TPSA) is 72.2 Å². The Balaban J connectivity index is 3.19. The van der Waals surface area contributed by atoms with Crippen LogP contribution in [0, 0.1) is 10.1 Å². The first-order valence-electron chi connectivity index (χ1n) is 3.51. The van der Waals surface area contributed by atoms with Crippen LogP contribution in [-0.2, 0) is 0 Å². The van der Waals surface area contributed by atoms with E-state index in [0.29, 0.717) is 0 Å². The Bertz CT molecular complexity index is 412. The normalized spacial score (nSPS) is 9.80. The highest BCUT2D eigenvalue weighted by Gasteiger charge is 2.19. The van der Waals surface area contributed by atoms with Crippen molar-refractivity contribution in [1.29, 1.82) is 0 Å². The van der Waals surface area contributed by atoms with E-state index in [1.165, 1.54) is 12.1 Å². The van der Waals surface area contributed by atoms with Gasteiger partial charge in [-0.05, 0) is 23.7 Å². The first kappa shape index (κ1) is 12.0. The highest BCUT2D eigenvalue weighted by atomic mass is 35.5. The molecule has 1 amide bonds. The molecular weight excluding hydrogens is 266 g/mol. The van der Waals surface area contributed by atoms with Crippen LogP contribution in [0.2, 0.25) is 10.0 Å². The number of amides is 1. The van der Waals surface area contributed by atoms with Crippen LogP contribution in [0.5, 0.6) is 0 Å². The molecule has 0 spiro atoms. The third-order valence-corrected chi connectivity index (χ3v) is 2.11. The summed E-state index contributed by atoms with van der Waals surface area (Å²) in [5, 5.41) is 11.5. The van der Waals surface area contributed by atoms with Gasteiger partial charge in [0.1, 0.15) is 10.0 Å². The average Bonchev–Trinajstić information content (AvgIpc) is 1.99. The van der Waals surface area contributed by atoms with Crippen LogP contribution in [0.3, 0.4) is 0 Å². The number of benzene rings is 1. The highest BCUT2D eigenvalue weighted by molar-refractivity contribution is 6.65. The molecule has 0 radical (unpaired) electrons. The number of halogens is 3. The fraction of sp³-hybridized carbons (Fsp3) is 0. The summed E-state index contributed by atoms with van der Waals surface area (Å²) in [6.07, 6.45) is 0. The zero-order chi connectivity index (χ0) is 11.6. The molecule has 1 aromatic rings. The number of nitrogens with one attached hydrogen (secondary N) is 1. The van der Waals surface area contributed by atoms with Crippen LogP contribution >= 0.6 is 34.8 Å². The number of carbonyl (C=O) groups excluding carboxylic acids is 1. The third kappa shape index (κ3) is 2.95. The molecule has 1 N–H and O–H groups in total. The molecule has 0 bridgehead atoms. The molecule has 0 aromatic heterocycles. The van der Waals surface area contributed by atoms with Gasteiger partial charge in [0, 0.05) is 5.69 Å². The lowest BCUT2D eigenvalue weighted by molar-refractivity contribution is -0.384. The Morgan fingerprint density at radius 3 is 2.13 bits per heavy atom. The molecule has 15 heavy (non-hydrogen) atoms. The van der Waals surface area contributed by atoms with Crippen LogP contribution in [0.4, 0.5) is 16.2 Å². The van der Waals surface area contributed by atoms with E-state index in [1.807, 2.05) is 0 Å². The molecule has 1 rings (SSSR count). The van der Waals surface area contributed by atoms with Crippen LogP contribution in [0.25, 0.3) is 0 Å². The maximum absolute atomic E-state index is 10.5. The van der Waals surface area contributed by atoms with Crippen molar-refractivity contribution in [3.05, 3.63) is 32.3 Å². The van der Waals surface area contributed by atoms with E-state index in [-0.39, 0.29) is 15.7 Å². The Morgan fingerprint density at radius 2 is 1.80 bits per heavy atom. The van der Waals surface area contributed by atoms with Crippen molar-refractivity contribution >= 4 is 51.5 Å². The standard InChI is InChI=1S/C7H3Cl3N2O3/c8-4-1-3(11-7(10)13)2-5(9)6(4)12(14)15/h1-2H,(H,11,13). The SMILES string of the molecule is O=C(Cl)Nc1cc(Cl)c([N+](=O)[O-])c(Cl)c1. The quantitative estimate of drug-likeness (QED) is 0.385. The Labute approximate surface area is 99.1 Å². The van der Waals surface area contributed by atoms with E-state index in [1.54, 1.807) is 0 Å². The largest absolute Gasteiger partial charge is 0.318 e. The summed E-state index contributed by atoms with van der Waals surface area (Å²) in [7, 11) is 0. The Morgan fingerprint density at radius 1 is 1.33 bits per heavy atom. The highest BCUT2D eigenvalue weighted by Crippen LogP contribution is 2.35. The molecule has 0 aliphatic heterocycles. The predicted octanol–water partition coefficient (Wildman–Crippen LogP) is 3.67. The maximum Gasteiger partial charge on any atom is 0.318 e. The zero-order valence-corrected chi connectivity index (χ0v) is 9.23. The molecular formula is C7H3Cl3N2O3. The van der Waals surface area contributed by atoms with Crippen molar-refractivity contribution in [2.24, 2.45) is 0 Å². The van der Waals surface area contributed by atoms with Crippen molar-refractivity contribution in [2.45, 2.75) is 0 Å². The van der Waals surface area contributed by atoms with Gasteiger partial charge >= 0.3 is 11.1 Å². The number of nitro benzene ring substituents is 1. The molecule has 5 nitrogen and oxygen atoms in total. The Hall–Kier alpha value is -1.04. The van der Waals surface area contributed by atoms with Gasteiger partial charge in [-0.2, -0.15) is 0 Å². The number of hydrogen-bond donors (Lipinski definition) is 1. The first-order valence-corrected chi connectivity index (χ1v) is 4.65. The van der Waals surface area contributed by atoms with Gasteiger partial charge in [0.15, 0.2) is 0 Å². The van der Waals surface area contributed by atoms with Gasteiger partial charge < -0.3 is 5.32 Å². The second-order valence-corrected chi connectivity index (χ2v) is 3.60. The van der Waals surface area contributed by atoms with E-state index in [9.17, 15) is 14.9 Å². The van der Waals surface area contributed by atoms with Crippen LogP contribution in [0.15, 0.2) is 12.1 Å². The molecule has 0 saturated heterocycles. The van der Waals surface area contributed by atoms with Gasteiger partial charge in [-0.25, -0.2) is 0 Å². The molecule has 0 unspecified atom stereocenters. The number of rotatable bonds is 2. The molecule has 0 atom stereocenters. The van der Waals surface area contributed by atoms with E-state index in [4.69, 9.17) is 34.8 Å². The number of nitro groups is 1. The van der Waals surface area contributed by atoms with E-state index in [0.717, 1.165) is 0 Å². The number of hydrogen-bond acceptors (Lipinski definition) is 3. The van der Waals surface area contributed by atoms with Gasteiger partial charge in [-0.15, -0.1) is 0 Å². The monoisotopic (exact) mass is 268 g/mol. The molecule has 1 aromatic carbocycles. The molecule has 0 fully saturated rings. The molecule has 80 valence electrons. The van der Waals surface area contributed by atoms with Gasteiger partial charge in [0.25, 0.3) is 0 Å². The predicted molar refractivity (Wildman–Crippen MR) is 58.0 cm³/mol. The second-order valence-electron chi connectivity index (χ2n) is 2.44. The summed E-state index contributed by atoms with van der Waals surface area (Å²) < 4.78 is 0. The zero-order valence-electron chi connectivity index (χ0n) is 6.96. The lowest BCUT2D eigenvalue weighted by Gasteiger charge is -2.03. The van der Waals surface area contributed by atoms with Gasteiger partial charge in [-0.1, -0.05) is 23.2 Å². The molecule has 0 aliphatic rings. The van der Waals surface area contributed by atoms with E-state index >= 15 is 0 Å². The van der Waals surface area contributed by atoms with Crippen molar-refractivity contribution in [2.75, 3.05) is 5.32 Å². The van der Waals surface area contributed by atoms with Crippen LogP contribution < -0.4 is 5.32 Å². The first-order chi connectivity index (χ1) is 6.91. The van der Waals surface area contributed by atoms with Crippen molar-refractivity contribution in [1.82, 2.24) is 0 Å².